The molecule has 6 heteroatoms. The molecule has 1 aliphatic heterocycles. The van der Waals surface area contributed by atoms with E-state index in [2.05, 4.69) is 31.1 Å². The number of benzene rings is 1. The maximum Gasteiger partial charge on any atom is 0.255 e. The van der Waals surface area contributed by atoms with E-state index in [0.29, 0.717) is 18.8 Å². The van der Waals surface area contributed by atoms with Gasteiger partial charge in [-0.05, 0) is 42.8 Å². The van der Waals surface area contributed by atoms with Crippen molar-refractivity contribution in [1.29, 1.82) is 0 Å². The molecule has 1 aromatic carbocycles. The number of rotatable bonds is 3. The van der Waals surface area contributed by atoms with E-state index < -0.39 is 0 Å². The first-order valence-electron chi connectivity index (χ1n) is 7.50. The lowest BCUT2D eigenvalue weighted by Crippen LogP contribution is -2.36. The molecule has 0 atom stereocenters. The number of anilines is 2. The van der Waals surface area contributed by atoms with Gasteiger partial charge in [0, 0.05) is 35.0 Å². The first-order valence-corrected chi connectivity index (χ1v) is 8.29. The fourth-order valence-electron chi connectivity index (χ4n) is 2.49. The van der Waals surface area contributed by atoms with E-state index in [1.54, 1.807) is 12.3 Å². The monoisotopic (exact) mass is 375 g/mol. The van der Waals surface area contributed by atoms with E-state index in [0.717, 1.165) is 34.6 Å². The Labute approximate surface area is 143 Å². The molecular formula is C17H18BrN3O2. The van der Waals surface area contributed by atoms with Crippen molar-refractivity contribution in [3.05, 3.63) is 52.1 Å². The quantitative estimate of drug-likeness (QED) is 0.894. The molecule has 1 aromatic heterocycles. The number of morpholine rings is 1. The van der Waals surface area contributed by atoms with Gasteiger partial charge in [-0.25, -0.2) is 4.98 Å². The molecule has 2 heterocycles. The highest BCUT2D eigenvalue weighted by Crippen LogP contribution is 2.21. The summed E-state index contributed by atoms with van der Waals surface area (Å²) in [5.74, 6) is 0.681. The zero-order valence-corrected chi connectivity index (χ0v) is 14.5. The third kappa shape index (κ3) is 3.89. The van der Waals surface area contributed by atoms with Crippen LogP contribution in [0.2, 0.25) is 0 Å². The van der Waals surface area contributed by atoms with Gasteiger partial charge in [-0.2, -0.15) is 0 Å². The van der Waals surface area contributed by atoms with Crippen LogP contribution in [-0.4, -0.2) is 37.2 Å². The Hall–Kier alpha value is -1.92. The first-order chi connectivity index (χ1) is 11.1. The molecule has 0 aliphatic carbocycles. The number of aryl methyl sites for hydroxylation is 1. The summed E-state index contributed by atoms with van der Waals surface area (Å²) in [6.45, 7) is 4.94. The molecular weight excluding hydrogens is 358 g/mol. The summed E-state index contributed by atoms with van der Waals surface area (Å²) in [7, 11) is 0. The number of hydrogen-bond donors (Lipinski definition) is 1. The summed E-state index contributed by atoms with van der Waals surface area (Å²) in [6.07, 6.45) is 1.67. The van der Waals surface area contributed by atoms with Crippen LogP contribution >= 0.6 is 15.9 Å². The Kier molecular flexibility index (Phi) is 4.93. The van der Waals surface area contributed by atoms with Crippen molar-refractivity contribution in [3.8, 4) is 0 Å². The fraction of sp³-hybridized carbons (Fsp3) is 0.294. The minimum atomic E-state index is -0.132. The van der Waals surface area contributed by atoms with Crippen LogP contribution in [0.4, 0.5) is 11.5 Å². The summed E-state index contributed by atoms with van der Waals surface area (Å²) in [6, 6.07) is 9.33. The van der Waals surface area contributed by atoms with Gasteiger partial charge in [0.2, 0.25) is 0 Å². The van der Waals surface area contributed by atoms with Gasteiger partial charge in [-0.15, -0.1) is 0 Å². The average molecular weight is 376 g/mol. The van der Waals surface area contributed by atoms with E-state index in [1.807, 2.05) is 31.2 Å². The van der Waals surface area contributed by atoms with E-state index in [9.17, 15) is 4.79 Å². The Bertz CT molecular complexity index is 715. The van der Waals surface area contributed by atoms with Crippen LogP contribution in [0.3, 0.4) is 0 Å². The maximum atomic E-state index is 12.5. The van der Waals surface area contributed by atoms with Gasteiger partial charge >= 0.3 is 0 Å². The highest BCUT2D eigenvalue weighted by atomic mass is 79.9. The lowest BCUT2D eigenvalue weighted by atomic mass is 10.2. The van der Waals surface area contributed by atoms with Gasteiger partial charge in [-0.1, -0.05) is 15.9 Å². The van der Waals surface area contributed by atoms with Crippen LogP contribution in [0.5, 0.6) is 0 Å². The molecule has 2 aromatic rings. The van der Waals surface area contributed by atoms with Gasteiger partial charge in [0.05, 0.1) is 13.2 Å². The molecule has 1 aliphatic rings. The van der Waals surface area contributed by atoms with Crippen LogP contribution < -0.4 is 10.2 Å². The molecule has 1 saturated heterocycles. The van der Waals surface area contributed by atoms with Gasteiger partial charge in [0.25, 0.3) is 5.91 Å². The summed E-state index contributed by atoms with van der Waals surface area (Å²) < 4.78 is 6.34. The molecule has 3 rings (SSSR count). The van der Waals surface area contributed by atoms with E-state index in [-0.39, 0.29) is 5.91 Å². The second kappa shape index (κ2) is 7.10. The minimum Gasteiger partial charge on any atom is -0.378 e. The summed E-state index contributed by atoms with van der Waals surface area (Å²) in [4.78, 5) is 19.0. The molecule has 23 heavy (non-hydrogen) atoms. The standard InChI is InChI=1S/C17H18BrN3O2/c1-12-10-14(18)2-3-15(12)20-17(22)13-4-5-19-16(11-13)21-6-8-23-9-7-21/h2-5,10-11H,6-9H2,1H3,(H,20,22). The molecule has 0 radical (unpaired) electrons. The maximum absolute atomic E-state index is 12.5. The highest BCUT2D eigenvalue weighted by molar-refractivity contribution is 9.10. The van der Waals surface area contributed by atoms with Crippen molar-refractivity contribution in [3.63, 3.8) is 0 Å². The number of halogens is 1. The normalized spacial score (nSPS) is 14.6. The molecule has 1 fully saturated rings. The smallest absolute Gasteiger partial charge is 0.255 e. The molecule has 120 valence electrons. The van der Waals surface area contributed by atoms with Gasteiger partial charge < -0.3 is 15.0 Å². The van der Waals surface area contributed by atoms with Crippen LogP contribution in [0.15, 0.2) is 41.0 Å². The fourth-order valence-corrected chi connectivity index (χ4v) is 2.96. The topological polar surface area (TPSA) is 54.5 Å². The molecule has 0 bridgehead atoms. The van der Waals surface area contributed by atoms with Crippen molar-refractivity contribution in [1.82, 2.24) is 4.98 Å². The SMILES string of the molecule is Cc1cc(Br)ccc1NC(=O)c1ccnc(N2CCOCC2)c1. The Balaban J connectivity index is 1.76. The van der Waals surface area contributed by atoms with Crippen LogP contribution in [0.25, 0.3) is 0 Å². The number of ether oxygens (including phenoxy) is 1. The lowest BCUT2D eigenvalue weighted by Gasteiger charge is -2.27. The molecule has 1 N–H and O–H groups in total. The first kappa shape index (κ1) is 16.0. The van der Waals surface area contributed by atoms with Gasteiger partial charge in [0.15, 0.2) is 0 Å². The van der Waals surface area contributed by atoms with Gasteiger partial charge in [-0.3, -0.25) is 4.79 Å². The van der Waals surface area contributed by atoms with Crippen molar-refractivity contribution in [2.45, 2.75) is 6.92 Å². The number of nitrogens with one attached hydrogen (secondary N) is 1. The second-order valence-corrected chi connectivity index (χ2v) is 6.33. The summed E-state index contributed by atoms with van der Waals surface area (Å²) in [5, 5.41) is 2.95. The van der Waals surface area contributed by atoms with Gasteiger partial charge in [0.1, 0.15) is 5.82 Å². The third-order valence-electron chi connectivity index (χ3n) is 3.78. The van der Waals surface area contributed by atoms with Crippen molar-refractivity contribution < 1.29 is 9.53 Å². The predicted octanol–water partition coefficient (Wildman–Crippen LogP) is 3.24. The summed E-state index contributed by atoms with van der Waals surface area (Å²) in [5.41, 5.74) is 2.42. The Morgan fingerprint density at radius 3 is 2.78 bits per heavy atom. The summed E-state index contributed by atoms with van der Waals surface area (Å²) >= 11 is 3.42. The molecule has 0 unspecified atom stereocenters. The highest BCUT2D eigenvalue weighted by Gasteiger charge is 2.15. The van der Waals surface area contributed by atoms with Crippen LogP contribution in [-0.2, 0) is 4.74 Å². The zero-order chi connectivity index (χ0) is 16.2. The number of amides is 1. The van der Waals surface area contributed by atoms with Crippen LogP contribution in [0, 0.1) is 6.92 Å². The average Bonchev–Trinajstić information content (AvgIpc) is 2.58. The van der Waals surface area contributed by atoms with Crippen molar-refractivity contribution in [2.75, 3.05) is 36.5 Å². The van der Waals surface area contributed by atoms with Crippen molar-refractivity contribution >= 4 is 33.3 Å². The number of hydrogen-bond acceptors (Lipinski definition) is 4. The lowest BCUT2D eigenvalue weighted by molar-refractivity contribution is 0.102. The third-order valence-corrected chi connectivity index (χ3v) is 4.27. The number of carbonyl (C=O) groups excluding carboxylic acids is 1. The largest absolute Gasteiger partial charge is 0.378 e. The molecule has 0 saturated carbocycles. The molecule has 1 amide bonds. The predicted molar refractivity (Wildman–Crippen MR) is 94.1 cm³/mol. The number of carbonyl (C=O) groups is 1. The number of nitrogens with zero attached hydrogens (tertiary/aromatic N) is 2. The minimum absolute atomic E-state index is 0.132. The zero-order valence-electron chi connectivity index (χ0n) is 12.9. The van der Waals surface area contributed by atoms with E-state index in [4.69, 9.17) is 4.74 Å². The van der Waals surface area contributed by atoms with Crippen LogP contribution in [0.1, 0.15) is 15.9 Å². The Morgan fingerprint density at radius 1 is 1.26 bits per heavy atom. The number of aromatic nitrogens is 1. The molecule has 0 spiro atoms. The van der Waals surface area contributed by atoms with E-state index >= 15 is 0 Å². The number of pyridine rings is 1. The van der Waals surface area contributed by atoms with E-state index in [1.165, 1.54) is 0 Å². The molecule has 5 nitrogen and oxygen atoms in total. The second-order valence-electron chi connectivity index (χ2n) is 5.42. The Morgan fingerprint density at radius 2 is 2.04 bits per heavy atom. The van der Waals surface area contributed by atoms with Crippen molar-refractivity contribution in [2.24, 2.45) is 0 Å².